The van der Waals surface area contributed by atoms with Crippen molar-refractivity contribution in [2.24, 2.45) is 0 Å². The minimum absolute atomic E-state index is 0.0811. The largest absolute Gasteiger partial charge is 0.493 e. The number of carbonyl (C=O) groups is 1. The zero-order valence-electron chi connectivity index (χ0n) is 13.1. The number of amides is 1. The van der Waals surface area contributed by atoms with Gasteiger partial charge in [0.05, 0.1) is 24.9 Å². The number of nitrogens with zero attached hydrogens (tertiary/aromatic N) is 1. The van der Waals surface area contributed by atoms with Gasteiger partial charge < -0.3 is 14.8 Å². The van der Waals surface area contributed by atoms with Gasteiger partial charge in [-0.1, -0.05) is 12.1 Å². The fourth-order valence-corrected chi connectivity index (χ4v) is 3.25. The maximum atomic E-state index is 12.4. The van der Waals surface area contributed by atoms with Crippen molar-refractivity contribution >= 4 is 5.91 Å². The molecule has 0 aliphatic carbocycles. The third-order valence-electron chi connectivity index (χ3n) is 4.38. The van der Waals surface area contributed by atoms with Gasteiger partial charge in [-0.25, -0.2) is 0 Å². The van der Waals surface area contributed by atoms with Gasteiger partial charge in [-0.05, 0) is 38.4 Å². The first-order valence-corrected chi connectivity index (χ1v) is 8.13. The lowest BCUT2D eigenvalue weighted by molar-refractivity contribution is -0.0461. The predicted molar refractivity (Wildman–Crippen MR) is 84.3 cm³/mol. The average Bonchev–Trinajstić information content (AvgIpc) is 3.01. The number of carbonyl (C=O) groups excluding carboxylic acids is 1. The molecule has 1 N–H and O–H groups in total. The van der Waals surface area contributed by atoms with Crippen molar-refractivity contribution < 1.29 is 14.3 Å². The number of fused-ring (bicyclic) bond motifs is 1. The van der Waals surface area contributed by atoms with Crippen LogP contribution >= 0.6 is 0 Å². The van der Waals surface area contributed by atoms with E-state index in [1.807, 2.05) is 25.1 Å². The highest BCUT2D eigenvalue weighted by atomic mass is 16.5. The van der Waals surface area contributed by atoms with Crippen LogP contribution in [0.5, 0.6) is 5.75 Å². The van der Waals surface area contributed by atoms with Crippen molar-refractivity contribution in [3.05, 3.63) is 29.8 Å². The monoisotopic (exact) mass is 304 g/mol. The van der Waals surface area contributed by atoms with Gasteiger partial charge in [-0.15, -0.1) is 0 Å². The van der Waals surface area contributed by atoms with E-state index in [1.165, 1.54) is 12.8 Å². The molecule has 2 fully saturated rings. The predicted octanol–water partition coefficient (Wildman–Crippen LogP) is 1.68. The van der Waals surface area contributed by atoms with Crippen LogP contribution in [0.4, 0.5) is 0 Å². The lowest BCUT2D eigenvalue weighted by Gasteiger charge is -2.35. The highest BCUT2D eigenvalue weighted by Gasteiger charge is 2.32. The Morgan fingerprint density at radius 1 is 1.45 bits per heavy atom. The van der Waals surface area contributed by atoms with E-state index in [0.29, 0.717) is 30.5 Å². The van der Waals surface area contributed by atoms with Gasteiger partial charge in [0.2, 0.25) is 0 Å². The molecule has 1 aromatic carbocycles. The highest BCUT2D eigenvalue weighted by molar-refractivity contribution is 5.96. The molecule has 2 saturated heterocycles. The second kappa shape index (κ2) is 7.11. The maximum Gasteiger partial charge on any atom is 0.255 e. The van der Waals surface area contributed by atoms with Crippen molar-refractivity contribution in [3.63, 3.8) is 0 Å². The topological polar surface area (TPSA) is 50.8 Å². The van der Waals surface area contributed by atoms with Crippen LogP contribution < -0.4 is 10.1 Å². The van der Waals surface area contributed by atoms with Crippen molar-refractivity contribution in [2.45, 2.75) is 31.9 Å². The standard InChI is InChI=1S/C17H24N2O3/c1-2-21-16-8-4-3-7-15(16)17(20)18-10-14-11-19-9-5-6-13(19)12-22-14/h3-4,7-8,13-14H,2,5-6,9-12H2,1H3,(H,18,20)/t13-,14+/m0/s1. The molecule has 2 aliphatic rings. The summed E-state index contributed by atoms with van der Waals surface area (Å²) in [4.78, 5) is 14.8. The van der Waals surface area contributed by atoms with Crippen molar-refractivity contribution in [1.29, 1.82) is 0 Å². The van der Waals surface area contributed by atoms with Crippen molar-refractivity contribution in [3.8, 4) is 5.75 Å². The molecule has 5 nitrogen and oxygen atoms in total. The Morgan fingerprint density at radius 3 is 3.18 bits per heavy atom. The molecular formula is C17H24N2O3. The normalized spacial score (nSPS) is 24.8. The van der Waals surface area contributed by atoms with Crippen LogP contribution in [0.25, 0.3) is 0 Å². The van der Waals surface area contributed by atoms with E-state index in [9.17, 15) is 4.79 Å². The molecule has 3 rings (SSSR count). The van der Waals surface area contributed by atoms with Crippen LogP contribution in [0.1, 0.15) is 30.1 Å². The number of morpholine rings is 1. The number of para-hydroxylation sites is 1. The molecule has 5 heteroatoms. The van der Waals surface area contributed by atoms with Gasteiger partial charge in [-0.3, -0.25) is 9.69 Å². The number of hydrogen-bond donors (Lipinski definition) is 1. The SMILES string of the molecule is CCOc1ccccc1C(=O)NC[C@@H]1CN2CCC[C@H]2CO1. The lowest BCUT2D eigenvalue weighted by atomic mass is 10.1. The van der Waals surface area contributed by atoms with E-state index in [0.717, 1.165) is 19.7 Å². The third-order valence-corrected chi connectivity index (χ3v) is 4.38. The summed E-state index contributed by atoms with van der Waals surface area (Å²) >= 11 is 0. The molecule has 0 saturated carbocycles. The zero-order chi connectivity index (χ0) is 15.4. The summed E-state index contributed by atoms with van der Waals surface area (Å²) in [6.07, 6.45) is 2.58. The van der Waals surface area contributed by atoms with E-state index >= 15 is 0 Å². The molecule has 0 aromatic heterocycles. The molecule has 1 amide bonds. The summed E-state index contributed by atoms with van der Waals surface area (Å²) in [5.41, 5.74) is 0.583. The molecule has 0 spiro atoms. The molecular weight excluding hydrogens is 280 g/mol. The fourth-order valence-electron chi connectivity index (χ4n) is 3.25. The minimum atomic E-state index is -0.101. The zero-order valence-corrected chi connectivity index (χ0v) is 13.1. The summed E-state index contributed by atoms with van der Waals surface area (Å²) in [6, 6.07) is 7.93. The first-order chi connectivity index (χ1) is 10.8. The first kappa shape index (κ1) is 15.3. The third kappa shape index (κ3) is 3.42. The van der Waals surface area contributed by atoms with Gasteiger partial charge in [0.15, 0.2) is 0 Å². The molecule has 22 heavy (non-hydrogen) atoms. The Balaban J connectivity index is 1.54. The van der Waals surface area contributed by atoms with Crippen LogP contribution in [0.2, 0.25) is 0 Å². The summed E-state index contributed by atoms with van der Waals surface area (Å²) in [7, 11) is 0. The fraction of sp³-hybridized carbons (Fsp3) is 0.588. The number of nitrogens with one attached hydrogen (secondary N) is 1. The van der Waals surface area contributed by atoms with Gasteiger partial charge in [0, 0.05) is 19.1 Å². The van der Waals surface area contributed by atoms with E-state index in [1.54, 1.807) is 6.07 Å². The Morgan fingerprint density at radius 2 is 2.32 bits per heavy atom. The second-order valence-electron chi connectivity index (χ2n) is 5.89. The quantitative estimate of drug-likeness (QED) is 0.899. The number of benzene rings is 1. The minimum Gasteiger partial charge on any atom is -0.493 e. The van der Waals surface area contributed by atoms with Gasteiger partial charge >= 0.3 is 0 Å². The van der Waals surface area contributed by atoms with Crippen LogP contribution in [0, 0.1) is 0 Å². The summed E-state index contributed by atoms with van der Waals surface area (Å²) in [5.74, 6) is 0.530. The lowest BCUT2D eigenvalue weighted by Crippen LogP contribution is -2.50. The molecule has 120 valence electrons. The summed E-state index contributed by atoms with van der Waals surface area (Å²) in [5, 5.41) is 2.98. The Hall–Kier alpha value is -1.59. The van der Waals surface area contributed by atoms with E-state index < -0.39 is 0 Å². The number of ether oxygens (including phenoxy) is 2. The molecule has 1 aromatic rings. The average molecular weight is 304 g/mol. The van der Waals surface area contributed by atoms with Crippen LogP contribution in [-0.4, -0.2) is 55.8 Å². The number of hydrogen-bond acceptors (Lipinski definition) is 4. The van der Waals surface area contributed by atoms with Gasteiger partial charge in [0.1, 0.15) is 5.75 Å². The number of rotatable bonds is 5. The van der Waals surface area contributed by atoms with Crippen LogP contribution in [0.3, 0.4) is 0 Å². The van der Waals surface area contributed by atoms with E-state index in [4.69, 9.17) is 9.47 Å². The first-order valence-electron chi connectivity index (χ1n) is 8.13. The van der Waals surface area contributed by atoms with Gasteiger partial charge in [-0.2, -0.15) is 0 Å². The molecule has 0 bridgehead atoms. The molecule has 2 aliphatic heterocycles. The highest BCUT2D eigenvalue weighted by Crippen LogP contribution is 2.22. The Kier molecular flexibility index (Phi) is 4.95. The maximum absolute atomic E-state index is 12.4. The molecule has 2 atom stereocenters. The van der Waals surface area contributed by atoms with Crippen molar-refractivity contribution in [1.82, 2.24) is 10.2 Å². The van der Waals surface area contributed by atoms with Crippen LogP contribution in [-0.2, 0) is 4.74 Å². The Bertz CT molecular complexity index is 520. The summed E-state index contributed by atoms with van der Waals surface area (Å²) < 4.78 is 11.4. The molecule has 0 unspecified atom stereocenters. The van der Waals surface area contributed by atoms with Crippen LogP contribution in [0.15, 0.2) is 24.3 Å². The molecule has 0 radical (unpaired) electrons. The smallest absolute Gasteiger partial charge is 0.255 e. The Labute approximate surface area is 131 Å². The second-order valence-corrected chi connectivity index (χ2v) is 5.89. The van der Waals surface area contributed by atoms with Crippen molar-refractivity contribution in [2.75, 3.05) is 32.8 Å². The molecule has 2 heterocycles. The van der Waals surface area contributed by atoms with E-state index in [-0.39, 0.29) is 12.0 Å². The van der Waals surface area contributed by atoms with E-state index in [2.05, 4.69) is 10.2 Å². The van der Waals surface area contributed by atoms with Gasteiger partial charge in [0.25, 0.3) is 5.91 Å². The summed E-state index contributed by atoms with van der Waals surface area (Å²) in [6.45, 7) is 5.87.